The van der Waals surface area contributed by atoms with Crippen LogP contribution >= 0.6 is 11.3 Å². The van der Waals surface area contributed by atoms with Crippen molar-refractivity contribution in [1.82, 2.24) is 10.3 Å². The highest BCUT2D eigenvalue weighted by Gasteiger charge is 2.24. The maximum atomic E-state index is 11.7. The summed E-state index contributed by atoms with van der Waals surface area (Å²) in [4.78, 5) is 15.7. The molecule has 2 rings (SSSR count). The van der Waals surface area contributed by atoms with Crippen molar-refractivity contribution in [3.05, 3.63) is 11.1 Å². The summed E-state index contributed by atoms with van der Waals surface area (Å²) in [7, 11) is -2.89. The van der Waals surface area contributed by atoms with Gasteiger partial charge in [0, 0.05) is 11.4 Å². The van der Waals surface area contributed by atoms with Crippen molar-refractivity contribution >= 4 is 32.2 Å². The van der Waals surface area contributed by atoms with Gasteiger partial charge in [0.05, 0.1) is 23.6 Å². The van der Waals surface area contributed by atoms with Crippen LogP contribution in [0.25, 0.3) is 0 Å². The molecule has 0 unspecified atom stereocenters. The maximum Gasteiger partial charge on any atom is 0.226 e. The van der Waals surface area contributed by atoms with Gasteiger partial charge in [0.15, 0.2) is 5.13 Å². The second-order valence-electron chi connectivity index (χ2n) is 4.35. The standard InChI is InChI=1S/C10H15N3O3S2/c11-10-13-8(6-17-10)5-9(14)12-7-1-3-18(15,16)4-2-7/h6-7H,1-5H2,(H2,11,13)(H,12,14). The van der Waals surface area contributed by atoms with Crippen LogP contribution < -0.4 is 11.1 Å². The predicted octanol–water partition coefficient (Wildman–Crippen LogP) is -0.0388. The first kappa shape index (κ1) is 13.3. The van der Waals surface area contributed by atoms with E-state index in [4.69, 9.17) is 5.73 Å². The molecule has 100 valence electrons. The van der Waals surface area contributed by atoms with E-state index in [0.29, 0.717) is 23.7 Å². The number of nitrogens with one attached hydrogen (secondary N) is 1. The van der Waals surface area contributed by atoms with Crippen LogP contribution in [0.15, 0.2) is 5.38 Å². The Morgan fingerprint density at radius 3 is 2.72 bits per heavy atom. The molecule has 1 amide bonds. The van der Waals surface area contributed by atoms with Crippen molar-refractivity contribution in [1.29, 1.82) is 0 Å². The van der Waals surface area contributed by atoms with E-state index in [2.05, 4.69) is 10.3 Å². The summed E-state index contributed by atoms with van der Waals surface area (Å²) in [5.74, 6) is 0.174. The van der Waals surface area contributed by atoms with E-state index < -0.39 is 9.84 Å². The Balaban J connectivity index is 1.82. The molecule has 1 aliphatic rings. The number of thiazole rings is 1. The molecular weight excluding hydrogens is 274 g/mol. The number of rotatable bonds is 3. The van der Waals surface area contributed by atoms with Gasteiger partial charge >= 0.3 is 0 Å². The van der Waals surface area contributed by atoms with Crippen LogP contribution in [-0.2, 0) is 21.1 Å². The van der Waals surface area contributed by atoms with Gasteiger partial charge < -0.3 is 11.1 Å². The normalized spacial score (nSPS) is 19.6. The average molecular weight is 289 g/mol. The van der Waals surface area contributed by atoms with Crippen LogP contribution in [0.3, 0.4) is 0 Å². The molecule has 0 bridgehead atoms. The first-order valence-corrected chi connectivity index (χ1v) is 8.34. The van der Waals surface area contributed by atoms with E-state index in [1.165, 1.54) is 11.3 Å². The minimum Gasteiger partial charge on any atom is -0.375 e. The molecule has 0 aliphatic carbocycles. The first-order valence-electron chi connectivity index (χ1n) is 5.64. The lowest BCUT2D eigenvalue weighted by Crippen LogP contribution is -2.41. The summed E-state index contributed by atoms with van der Waals surface area (Å²) in [5, 5.41) is 5.03. The lowest BCUT2D eigenvalue weighted by molar-refractivity contribution is -0.121. The largest absolute Gasteiger partial charge is 0.375 e. The first-order chi connectivity index (χ1) is 8.44. The molecule has 1 aliphatic heterocycles. The van der Waals surface area contributed by atoms with Crippen LogP contribution in [0.4, 0.5) is 5.13 Å². The summed E-state index contributed by atoms with van der Waals surface area (Å²) in [6, 6.07) is -0.0444. The second kappa shape index (κ2) is 5.23. The third kappa shape index (κ3) is 3.67. The molecule has 0 saturated carbocycles. The average Bonchev–Trinajstić information content (AvgIpc) is 2.67. The lowest BCUT2D eigenvalue weighted by Gasteiger charge is -2.22. The van der Waals surface area contributed by atoms with Gasteiger partial charge in [-0.1, -0.05) is 0 Å². The van der Waals surface area contributed by atoms with Crippen LogP contribution in [0.5, 0.6) is 0 Å². The maximum absolute atomic E-state index is 11.7. The number of hydrogen-bond donors (Lipinski definition) is 2. The summed E-state index contributed by atoms with van der Waals surface area (Å²) in [6.45, 7) is 0. The topological polar surface area (TPSA) is 102 Å². The highest BCUT2D eigenvalue weighted by Crippen LogP contribution is 2.14. The number of carbonyl (C=O) groups is 1. The Bertz CT molecular complexity index is 524. The van der Waals surface area contributed by atoms with E-state index in [9.17, 15) is 13.2 Å². The Labute approximate surface area is 110 Å². The van der Waals surface area contributed by atoms with Crippen molar-refractivity contribution in [2.75, 3.05) is 17.2 Å². The van der Waals surface area contributed by atoms with E-state index in [-0.39, 0.29) is 29.9 Å². The molecule has 0 radical (unpaired) electrons. The predicted molar refractivity (Wildman–Crippen MR) is 70.0 cm³/mol. The van der Waals surface area contributed by atoms with Crippen LogP contribution in [0.2, 0.25) is 0 Å². The van der Waals surface area contributed by atoms with Crippen molar-refractivity contribution in [3.8, 4) is 0 Å². The van der Waals surface area contributed by atoms with Gasteiger partial charge in [-0.2, -0.15) is 0 Å². The SMILES string of the molecule is Nc1nc(CC(=O)NC2CCS(=O)(=O)CC2)cs1. The van der Waals surface area contributed by atoms with Gasteiger partial charge in [-0.3, -0.25) is 4.79 Å². The number of nitrogens with two attached hydrogens (primary N) is 1. The Morgan fingerprint density at radius 2 is 2.17 bits per heavy atom. The molecule has 1 fully saturated rings. The van der Waals surface area contributed by atoms with Crippen LogP contribution in [0, 0.1) is 0 Å². The molecular formula is C10H15N3O3S2. The minimum atomic E-state index is -2.89. The Morgan fingerprint density at radius 1 is 1.50 bits per heavy atom. The number of nitrogens with zero attached hydrogens (tertiary/aromatic N) is 1. The van der Waals surface area contributed by atoms with Crippen molar-refractivity contribution in [2.45, 2.75) is 25.3 Å². The highest BCUT2D eigenvalue weighted by molar-refractivity contribution is 7.91. The fraction of sp³-hybridized carbons (Fsp3) is 0.600. The summed E-state index contributed by atoms with van der Waals surface area (Å²) < 4.78 is 22.5. The third-order valence-electron chi connectivity index (χ3n) is 2.83. The zero-order valence-electron chi connectivity index (χ0n) is 9.76. The summed E-state index contributed by atoms with van der Waals surface area (Å²) in [6.07, 6.45) is 1.18. The molecule has 8 heteroatoms. The molecule has 1 aromatic rings. The number of carbonyl (C=O) groups excluding carboxylic acids is 1. The van der Waals surface area contributed by atoms with Gasteiger partial charge in [-0.25, -0.2) is 13.4 Å². The number of nitrogen functional groups attached to an aromatic ring is 1. The fourth-order valence-electron chi connectivity index (χ4n) is 1.88. The van der Waals surface area contributed by atoms with Gasteiger partial charge in [0.1, 0.15) is 9.84 Å². The zero-order valence-corrected chi connectivity index (χ0v) is 11.4. The molecule has 0 aromatic carbocycles. The Kier molecular flexibility index (Phi) is 3.86. The molecule has 0 atom stereocenters. The van der Waals surface area contributed by atoms with Gasteiger partial charge in [0.2, 0.25) is 5.91 Å². The highest BCUT2D eigenvalue weighted by atomic mass is 32.2. The molecule has 1 aromatic heterocycles. The second-order valence-corrected chi connectivity index (χ2v) is 7.54. The van der Waals surface area contributed by atoms with E-state index in [1.807, 2.05) is 0 Å². The van der Waals surface area contributed by atoms with Crippen LogP contribution in [0.1, 0.15) is 18.5 Å². The van der Waals surface area contributed by atoms with Crippen LogP contribution in [-0.4, -0.2) is 36.9 Å². The molecule has 2 heterocycles. The van der Waals surface area contributed by atoms with Crippen molar-refractivity contribution in [3.63, 3.8) is 0 Å². The summed E-state index contributed by atoms with van der Waals surface area (Å²) in [5.41, 5.74) is 6.13. The molecule has 1 saturated heterocycles. The monoisotopic (exact) mass is 289 g/mol. The van der Waals surface area contributed by atoms with E-state index in [0.717, 1.165) is 0 Å². The Hall–Kier alpha value is -1.15. The number of anilines is 1. The lowest BCUT2D eigenvalue weighted by atomic mass is 10.1. The quantitative estimate of drug-likeness (QED) is 0.813. The van der Waals surface area contributed by atoms with Crippen molar-refractivity contribution in [2.24, 2.45) is 0 Å². The van der Waals surface area contributed by atoms with E-state index >= 15 is 0 Å². The molecule has 3 N–H and O–H groups in total. The van der Waals surface area contributed by atoms with Gasteiger partial charge in [0.25, 0.3) is 0 Å². The molecule has 6 nitrogen and oxygen atoms in total. The number of aromatic nitrogens is 1. The van der Waals surface area contributed by atoms with Gasteiger partial charge in [-0.15, -0.1) is 11.3 Å². The number of amides is 1. The van der Waals surface area contributed by atoms with E-state index in [1.54, 1.807) is 5.38 Å². The smallest absolute Gasteiger partial charge is 0.226 e. The molecule has 0 spiro atoms. The number of hydrogen-bond acceptors (Lipinski definition) is 6. The fourth-order valence-corrected chi connectivity index (χ4v) is 3.94. The van der Waals surface area contributed by atoms with Gasteiger partial charge in [-0.05, 0) is 12.8 Å². The zero-order chi connectivity index (χ0) is 13.2. The summed E-state index contributed by atoms with van der Waals surface area (Å²) >= 11 is 1.30. The molecule has 18 heavy (non-hydrogen) atoms. The third-order valence-corrected chi connectivity index (χ3v) is 5.27. The minimum absolute atomic E-state index is 0.0444. The number of sulfone groups is 1. The van der Waals surface area contributed by atoms with Crippen molar-refractivity contribution < 1.29 is 13.2 Å².